The third-order valence-electron chi connectivity index (χ3n) is 4.25. The van der Waals surface area contributed by atoms with Crippen molar-refractivity contribution < 1.29 is 9.84 Å². The lowest BCUT2D eigenvalue weighted by atomic mass is 10.1. The number of nitrogen functional groups attached to an aromatic ring is 1. The van der Waals surface area contributed by atoms with Gasteiger partial charge in [-0.25, -0.2) is 15.0 Å². The van der Waals surface area contributed by atoms with E-state index in [1.54, 1.807) is 0 Å². The van der Waals surface area contributed by atoms with E-state index >= 15 is 0 Å². The molecule has 2 aromatic heterocycles. The Bertz CT molecular complexity index is 1020. The fourth-order valence-electron chi connectivity index (χ4n) is 2.99. The number of nitrogens with two attached hydrogens (primary N) is 1. The Labute approximate surface area is 150 Å². The molecule has 8 nitrogen and oxygen atoms in total. The third-order valence-corrected chi connectivity index (χ3v) is 4.25. The molecule has 0 aliphatic carbocycles. The summed E-state index contributed by atoms with van der Waals surface area (Å²) in [4.78, 5) is 16.7. The molecule has 0 amide bonds. The van der Waals surface area contributed by atoms with E-state index in [4.69, 9.17) is 10.5 Å². The summed E-state index contributed by atoms with van der Waals surface area (Å²) >= 11 is 0. The SMILES string of the molecule is Cc1nc2ccc(C#CC3OCCCC3O)cc2n1-c1ncnc(N)n1. The van der Waals surface area contributed by atoms with Gasteiger partial charge in [0.25, 0.3) is 0 Å². The van der Waals surface area contributed by atoms with Crippen molar-refractivity contribution in [1.29, 1.82) is 0 Å². The number of rotatable bonds is 1. The van der Waals surface area contributed by atoms with Crippen molar-refractivity contribution in [2.24, 2.45) is 0 Å². The smallest absolute Gasteiger partial charge is 0.240 e. The number of hydrogen-bond acceptors (Lipinski definition) is 7. The number of fused-ring (bicyclic) bond motifs is 1. The molecule has 8 heteroatoms. The summed E-state index contributed by atoms with van der Waals surface area (Å²) in [6.07, 6.45) is 1.95. The minimum absolute atomic E-state index is 0.149. The van der Waals surface area contributed by atoms with Gasteiger partial charge in [0, 0.05) is 12.2 Å². The monoisotopic (exact) mass is 350 g/mol. The molecule has 26 heavy (non-hydrogen) atoms. The molecule has 1 saturated heterocycles. The first-order chi connectivity index (χ1) is 12.6. The first kappa shape index (κ1) is 16.4. The number of aliphatic hydroxyl groups excluding tert-OH is 1. The van der Waals surface area contributed by atoms with Gasteiger partial charge in [0.2, 0.25) is 11.9 Å². The zero-order valence-corrected chi connectivity index (χ0v) is 14.3. The summed E-state index contributed by atoms with van der Waals surface area (Å²) in [6, 6.07) is 5.70. The molecule has 1 fully saturated rings. The number of nitrogens with zero attached hydrogens (tertiary/aromatic N) is 5. The molecule has 1 aliphatic rings. The molecule has 0 bridgehead atoms. The Kier molecular flexibility index (Phi) is 4.24. The van der Waals surface area contributed by atoms with Crippen LogP contribution in [0.4, 0.5) is 5.95 Å². The minimum Gasteiger partial charge on any atom is -0.389 e. The van der Waals surface area contributed by atoms with Crippen LogP contribution in [0.5, 0.6) is 0 Å². The van der Waals surface area contributed by atoms with Crippen LogP contribution >= 0.6 is 0 Å². The molecule has 2 unspecified atom stereocenters. The maximum absolute atomic E-state index is 9.96. The lowest BCUT2D eigenvalue weighted by Gasteiger charge is -2.23. The molecule has 3 N–H and O–H groups in total. The molecule has 1 aromatic carbocycles. The Morgan fingerprint density at radius 1 is 1.31 bits per heavy atom. The van der Waals surface area contributed by atoms with Crippen LogP contribution in [-0.2, 0) is 4.74 Å². The fraction of sp³-hybridized carbons (Fsp3) is 0.333. The van der Waals surface area contributed by atoms with Gasteiger partial charge >= 0.3 is 0 Å². The van der Waals surface area contributed by atoms with Crippen molar-refractivity contribution in [3.8, 4) is 17.8 Å². The largest absolute Gasteiger partial charge is 0.389 e. The second-order valence-electron chi connectivity index (χ2n) is 6.11. The molecule has 3 aromatic rings. The minimum atomic E-state index is -0.541. The van der Waals surface area contributed by atoms with E-state index in [1.165, 1.54) is 6.33 Å². The Morgan fingerprint density at radius 3 is 3.00 bits per heavy atom. The topological polar surface area (TPSA) is 112 Å². The van der Waals surface area contributed by atoms with Gasteiger partial charge in [-0.05, 0) is 38.0 Å². The van der Waals surface area contributed by atoms with Crippen LogP contribution in [0, 0.1) is 18.8 Å². The lowest BCUT2D eigenvalue weighted by molar-refractivity contribution is -0.0434. The van der Waals surface area contributed by atoms with Gasteiger partial charge in [0.15, 0.2) is 0 Å². The molecule has 0 spiro atoms. The zero-order chi connectivity index (χ0) is 18.1. The van der Waals surface area contributed by atoms with Gasteiger partial charge in [-0.2, -0.15) is 4.98 Å². The van der Waals surface area contributed by atoms with Gasteiger partial charge in [-0.1, -0.05) is 11.8 Å². The summed E-state index contributed by atoms with van der Waals surface area (Å²) < 4.78 is 7.34. The van der Waals surface area contributed by atoms with Crippen molar-refractivity contribution in [3.63, 3.8) is 0 Å². The third kappa shape index (κ3) is 3.10. The highest BCUT2D eigenvalue weighted by molar-refractivity contribution is 5.79. The second-order valence-corrected chi connectivity index (χ2v) is 6.11. The first-order valence-electron chi connectivity index (χ1n) is 8.37. The maximum Gasteiger partial charge on any atom is 0.240 e. The van der Waals surface area contributed by atoms with Gasteiger partial charge < -0.3 is 15.6 Å². The predicted octanol–water partition coefficient (Wildman–Crippen LogP) is 0.993. The number of ether oxygens (including phenoxy) is 1. The average Bonchev–Trinajstić information content (AvgIpc) is 2.96. The van der Waals surface area contributed by atoms with E-state index in [2.05, 4.69) is 31.8 Å². The van der Waals surface area contributed by atoms with E-state index in [9.17, 15) is 5.11 Å². The summed E-state index contributed by atoms with van der Waals surface area (Å²) in [6.45, 7) is 2.50. The second kappa shape index (κ2) is 6.71. The van der Waals surface area contributed by atoms with Crippen molar-refractivity contribution in [1.82, 2.24) is 24.5 Å². The van der Waals surface area contributed by atoms with Crippen molar-refractivity contribution in [2.75, 3.05) is 12.3 Å². The maximum atomic E-state index is 9.96. The fourth-order valence-corrected chi connectivity index (χ4v) is 2.99. The highest BCUT2D eigenvalue weighted by atomic mass is 16.5. The van der Waals surface area contributed by atoms with Crippen molar-refractivity contribution in [3.05, 3.63) is 35.9 Å². The van der Waals surface area contributed by atoms with Crippen molar-refractivity contribution in [2.45, 2.75) is 32.0 Å². The number of anilines is 1. The first-order valence-corrected chi connectivity index (χ1v) is 8.37. The van der Waals surface area contributed by atoms with Crippen molar-refractivity contribution >= 4 is 17.0 Å². The lowest BCUT2D eigenvalue weighted by Crippen LogP contribution is -2.32. The van der Waals surface area contributed by atoms with E-state index in [0.29, 0.717) is 19.0 Å². The molecule has 3 heterocycles. The predicted molar refractivity (Wildman–Crippen MR) is 95.5 cm³/mol. The average molecular weight is 350 g/mol. The van der Waals surface area contributed by atoms with Gasteiger partial charge in [-0.15, -0.1) is 0 Å². The molecule has 2 atom stereocenters. The Morgan fingerprint density at radius 2 is 2.19 bits per heavy atom. The van der Waals surface area contributed by atoms with E-state index in [0.717, 1.165) is 28.8 Å². The number of imidazole rings is 1. The molecule has 0 saturated carbocycles. The van der Waals surface area contributed by atoms with Crippen LogP contribution in [0.2, 0.25) is 0 Å². The summed E-state index contributed by atoms with van der Waals surface area (Å²) in [5, 5.41) is 9.96. The van der Waals surface area contributed by atoms with Crippen LogP contribution in [0.15, 0.2) is 24.5 Å². The number of hydrogen-bond donors (Lipinski definition) is 2. The normalized spacial score (nSPS) is 19.9. The van der Waals surface area contributed by atoms with Crippen LogP contribution in [0.25, 0.3) is 17.0 Å². The molecule has 1 aliphatic heterocycles. The van der Waals surface area contributed by atoms with Gasteiger partial charge in [0.05, 0.1) is 17.1 Å². The molecule has 0 radical (unpaired) electrons. The van der Waals surface area contributed by atoms with Crippen LogP contribution in [0.1, 0.15) is 24.2 Å². The van der Waals surface area contributed by atoms with Gasteiger partial charge in [0.1, 0.15) is 18.3 Å². The van der Waals surface area contributed by atoms with E-state index in [-0.39, 0.29) is 5.95 Å². The highest BCUT2D eigenvalue weighted by Crippen LogP contribution is 2.21. The molecule has 132 valence electrons. The Balaban J connectivity index is 1.74. The standard InChI is InChI=1S/C18H18N6O2/c1-11-22-13-6-4-12(5-7-16-15(25)3-2-8-26-16)9-14(13)24(11)18-21-10-20-17(19)23-18/h4,6,9-10,15-16,25H,2-3,8H2,1H3,(H2,19,20,21,23). The van der Waals surface area contributed by atoms with Gasteiger partial charge in [-0.3, -0.25) is 4.57 Å². The highest BCUT2D eigenvalue weighted by Gasteiger charge is 2.21. The quantitative estimate of drug-likeness (QED) is 0.629. The number of aromatic nitrogens is 5. The van der Waals surface area contributed by atoms with Crippen LogP contribution in [0.3, 0.4) is 0 Å². The van der Waals surface area contributed by atoms with E-state index < -0.39 is 12.2 Å². The summed E-state index contributed by atoms with van der Waals surface area (Å²) in [5.74, 6) is 7.39. The summed E-state index contributed by atoms with van der Waals surface area (Å²) in [7, 11) is 0. The van der Waals surface area contributed by atoms with E-state index in [1.807, 2.05) is 29.7 Å². The summed E-state index contributed by atoms with van der Waals surface area (Å²) in [5.41, 5.74) is 8.10. The molecule has 4 rings (SSSR count). The molecular formula is C18H18N6O2. The van der Waals surface area contributed by atoms with Crippen LogP contribution < -0.4 is 5.73 Å². The number of benzene rings is 1. The van der Waals surface area contributed by atoms with Crippen LogP contribution in [-0.4, -0.2) is 48.4 Å². The zero-order valence-electron chi connectivity index (χ0n) is 14.3. The molecular weight excluding hydrogens is 332 g/mol. The Hall–Kier alpha value is -3.02. The number of aryl methyl sites for hydroxylation is 1. The number of aliphatic hydroxyl groups is 1.